The Balaban J connectivity index is 1.73. The second kappa shape index (κ2) is 8.32. The second-order valence-corrected chi connectivity index (χ2v) is 6.72. The highest BCUT2D eigenvalue weighted by molar-refractivity contribution is 6.30. The number of nitrogens with zero attached hydrogens (tertiary/aromatic N) is 2. The van der Waals surface area contributed by atoms with Crippen molar-refractivity contribution in [1.29, 1.82) is 0 Å². The van der Waals surface area contributed by atoms with Crippen molar-refractivity contribution in [3.05, 3.63) is 95.1 Å². The van der Waals surface area contributed by atoms with Gasteiger partial charge in [0.2, 0.25) is 11.8 Å². The Morgan fingerprint density at radius 2 is 1.79 bits per heavy atom. The molecule has 0 aliphatic rings. The third-order valence-corrected chi connectivity index (χ3v) is 4.62. The van der Waals surface area contributed by atoms with Crippen molar-refractivity contribution >= 4 is 17.3 Å². The maximum atomic E-state index is 13.6. The Labute approximate surface area is 172 Å². The molecule has 1 heterocycles. The Kier molecular flexibility index (Phi) is 5.44. The molecule has 1 N–H and O–H groups in total. The molecule has 0 radical (unpaired) electrons. The van der Waals surface area contributed by atoms with Crippen LogP contribution in [0.3, 0.4) is 0 Å². The number of para-hydroxylation sites is 2. The summed E-state index contributed by atoms with van der Waals surface area (Å²) < 4.78 is 24.9. The summed E-state index contributed by atoms with van der Waals surface area (Å²) in [6.45, 7) is 0. The van der Waals surface area contributed by atoms with Crippen molar-refractivity contribution in [1.82, 2.24) is 10.2 Å². The van der Waals surface area contributed by atoms with E-state index in [9.17, 15) is 4.39 Å². The molecule has 0 fully saturated rings. The molecule has 0 amide bonds. The van der Waals surface area contributed by atoms with E-state index in [4.69, 9.17) is 20.8 Å². The maximum Gasteiger partial charge on any atom is 0.247 e. The van der Waals surface area contributed by atoms with Crippen molar-refractivity contribution < 1.29 is 13.5 Å². The van der Waals surface area contributed by atoms with Gasteiger partial charge in [0.15, 0.2) is 0 Å². The van der Waals surface area contributed by atoms with Gasteiger partial charge in [-0.15, -0.1) is 10.2 Å². The number of anilines is 1. The largest absolute Gasteiger partial charge is 0.495 e. The van der Waals surface area contributed by atoms with E-state index in [2.05, 4.69) is 15.5 Å². The Morgan fingerprint density at radius 1 is 1.00 bits per heavy atom. The third kappa shape index (κ3) is 4.22. The Morgan fingerprint density at radius 3 is 2.55 bits per heavy atom. The summed E-state index contributed by atoms with van der Waals surface area (Å²) in [7, 11) is 1.60. The number of ether oxygens (including phenoxy) is 1. The minimum Gasteiger partial charge on any atom is -0.495 e. The Bertz CT molecular complexity index is 1120. The van der Waals surface area contributed by atoms with Gasteiger partial charge in [-0.25, -0.2) is 4.39 Å². The summed E-state index contributed by atoms with van der Waals surface area (Å²) in [4.78, 5) is 0. The van der Waals surface area contributed by atoms with Crippen molar-refractivity contribution in [2.45, 2.75) is 6.04 Å². The average molecular weight is 410 g/mol. The topological polar surface area (TPSA) is 60.2 Å². The number of hydrogen-bond acceptors (Lipinski definition) is 5. The molecule has 1 aromatic heterocycles. The first-order valence-corrected chi connectivity index (χ1v) is 9.26. The number of methoxy groups -OCH3 is 1. The molecule has 0 saturated heterocycles. The number of rotatable bonds is 6. The molecule has 5 nitrogen and oxygen atoms in total. The molecule has 0 spiro atoms. The number of halogens is 2. The van der Waals surface area contributed by atoms with Crippen LogP contribution < -0.4 is 10.1 Å². The summed E-state index contributed by atoms with van der Waals surface area (Å²) in [5, 5.41) is 12.3. The standard InChI is InChI=1S/C22H17ClFN3O2/c1-28-19-8-3-2-7-18(19)25-20(14-9-11-16(23)12-10-14)22-27-26-21(29-22)15-5-4-6-17(24)13-15/h2-13,20,25H,1H3/t20-/m1/s1. The van der Waals surface area contributed by atoms with Gasteiger partial charge >= 0.3 is 0 Å². The maximum absolute atomic E-state index is 13.6. The van der Waals surface area contributed by atoms with Crippen molar-refractivity contribution in [2.75, 3.05) is 12.4 Å². The van der Waals surface area contributed by atoms with Crippen LogP contribution in [0.1, 0.15) is 17.5 Å². The van der Waals surface area contributed by atoms with Crippen LogP contribution in [0.5, 0.6) is 5.75 Å². The minimum atomic E-state index is -0.460. The summed E-state index contributed by atoms with van der Waals surface area (Å²) >= 11 is 6.04. The zero-order valence-corrected chi connectivity index (χ0v) is 16.2. The lowest BCUT2D eigenvalue weighted by Gasteiger charge is -2.19. The van der Waals surface area contributed by atoms with Crippen LogP contribution >= 0.6 is 11.6 Å². The fourth-order valence-corrected chi connectivity index (χ4v) is 3.08. The van der Waals surface area contributed by atoms with E-state index in [1.165, 1.54) is 12.1 Å². The van der Waals surface area contributed by atoms with E-state index in [1.807, 2.05) is 36.4 Å². The van der Waals surface area contributed by atoms with E-state index in [1.54, 1.807) is 31.4 Å². The second-order valence-electron chi connectivity index (χ2n) is 6.28. The molecule has 3 aromatic carbocycles. The smallest absolute Gasteiger partial charge is 0.247 e. The molecule has 146 valence electrons. The van der Waals surface area contributed by atoms with Crippen LogP contribution in [0.4, 0.5) is 10.1 Å². The zero-order valence-electron chi connectivity index (χ0n) is 15.5. The first-order valence-electron chi connectivity index (χ1n) is 8.88. The normalized spacial score (nSPS) is 11.8. The van der Waals surface area contributed by atoms with Crippen molar-refractivity contribution in [3.8, 4) is 17.2 Å². The molecule has 0 aliphatic carbocycles. The highest BCUT2D eigenvalue weighted by Gasteiger charge is 2.23. The number of benzene rings is 3. The summed E-state index contributed by atoms with van der Waals surface area (Å²) in [5.74, 6) is 0.873. The molecule has 29 heavy (non-hydrogen) atoms. The predicted molar refractivity (Wildman–Crippen MR) is 110 cm³/mol. The van der Waals surface area contributed by atoms with Gasteiger partial charge in [-0.05, 0) is 48.0 Å². The molecular formula is C22H17ClFN3O2. The monoisotopic (exact) mass is 409 g/mol. The van der Waals surface area contributed by atoms with Crippen molar-refractivity contribution in [2.24, 2.45) is 0 Å². The van der Waals surface area contributed by atoms with Gasteiger partial charge < -0.3 is 14.5 Å². The van der Waals surface area contributed by atoms with Gasteiger partial charge in [-0.1, -0.05) is 41.9 Å². The van der Waals surface area contributed by atoms with E-state index < -0.39 is 6.04 Å². The van der Waals surface area contributed by atoms with Gasteiger partial charge in [0.1, 0.15) is 17.6 Å². The van der Waals surface area contributed by atoms with Gasteiger partial charge in [0.25, 0.3) is 0 Å². The number of hydrogen-bond donors (Lipinski definition) is 1. The van der Waals surface area contributed by atoms with Crippen molar-refractivity contribution in [3.63, 3.8) is 0 Å². The summed E-state index contributed by atoms with van der Waals surface area (Å²) in [5.41, 5.74) is 2.14. The van der Waals surface area contributed by atoms with Crippen LogP contribution in [0.15, 0.2) is 77.2 Å². The fourth-order valence-electron chi connectivity index (χ4n) is 2.95. The minimum absolute atomic E-state index is 0.236. The van der Waals surface area contributed by atoms with Crippen LogP contribution in [-0.4, -0.2) is 17.3 Å². The predicted octanol–water partition coefficient (Wildman–Crippen LogP) is 5.74. The van der Waals surface area contributed by atoms with Gasteiger partial charge in [0, 0.05) is 10.6 Å². The molecule has 0 bridgehead atoms. The first-order chi connectivity index (χ1) is 14.1. The molecule has 4 rings (SSSR count). The lowest BCUT2D eigenvalue weighted by Crippen LogP contribution is -2.13. The van der Waals surface area contributed by atoms with Crippen LogP contribution in [0.2, 0.25) is 5.02 Å². The highest BCUT2D eigenvalue weighted by Crippen LogP contribution is 2.32. The Hall–Kier alpha value is -3.38. The molecule has 0 unspecified atom stereocenters. The number of nitrogens with one attached hydrogen (secondary N) is 1. The zero-order chi connectivity index (χ0) is 20.2. The van der Waals surface area contributed by atoms with E-state index in [0.717, 1.165) is 11.3 Å². The van der Waals surface area contributed by atoms with Gasteiger partial charge in [-0.3, -0.25) is 0 Å². The lowest BCUT2D eigenvalue weighted by molar-refractivity contribution is 0.415. The quantitative estimate of drug-likeness (QED) is 0.440. The summed E-state index contributed by atoms with van der Waals surface area (Å²) in [6.07, 6.45) is 0. The molecule has 0 saturated carbocycles. The first kappa shape index (κ1) is 19.0. The highest BCUT2D eigenvalue weighted by atomic mass is 35.5. The lowest BCUT2D eigenvalue weighted by atomic mass is 10.1. The molecule has 4 aromatic rings. The molecule has 7 heteroatoms. The van der Waals surface area contributed by atoms with Crippen LogP contribution in [0, 0.1) is 5.82 Å². The van der Waals surface area contributed by atoms with E-state index >= 15 is 0 Å². The van der Waals surface area contributed by atoms with Gasteiger partial charge in [0.05, 0.1) is 12.8 Å². The van der Waals surface area contributed by atoms with Crippen LogP contribution in [-0.2, 0) is 0 Å². The molecule has 0 aliphatic heterocycles. The molecule has 1 atom stereocenters. The van der Waals surface area contributed by atoms with E-state index in [0.29, 0.717) is 22.2 Å². The third-order valence-electron chi connectivity index (χ3n) is 4.37. The summed E-state index contributed by atoms with van der Waals surface area (Å²) in [6, 6.07) is 20.4. The number of aromatic nitrogens is 2. The average Bonchev–Trinajstić information content (AvgIpc) is 3.23. The fraction of sp³-hybridized carbons (Fsp3) is 0.0909. The van der Waals surface area contributed by atoms with Crippen LogP contribution in [0.25, 0.3) is 11.5 Å². The van der Waals surface area contributed by atoms with Gasteiger partial charge in [-0.2, -0.15) is 0 Å². The SMILES string of the molecule is COc1ccccc1N[C@H](c1ccc(Cl)cc1)c1nnc(-c2cccc(F)c2)o1. The van der Waals surface area contributed by atoms with E-state index in [-0.39, 0.29) is 11.7 Å². The molecular weight excluding hydrogens is 393 g/mol.